The summed E-state index contributed by atoms with van der Waals surface area (Å²) in [6.45, 7) is 3.63. The Morgan fingerprint density at radius 1 is 0.771 bits per heavy atom. The van der Waals surface area contributed by atoms with Crippen LogP contribution in [0, 0.1) is 0 Å². The number of pyridine rings is 2. The fourth-order valence-electron chi connectivity index (χ4n) is 4.56. The maximum atomic E-state index is 12.4. The van der Waals surface area contributed by atoms with Crippen LogP contribution in [0.1, 0.15) is 22.5 Å². The molecule has 0 amide bonds. The molecule has 4 aromatic heterocycles. The molecule has 0 unspecified atom stereocenters. The van der Waals surface area contributed by atoms with Gasteiger partial charge in [-0.25, -0.2) is 9.97 Å². The second-order valence-electron chi connectivity index (χ2n) is 8.88. The Kier molecular flexibility index (Phi) is 7.15. The summed E-state index contributed by atoms with van der Waals surface area (Å²) >= 11 is 6.82. The van der Waals surface area contributed by atoms with Crippen LogP contribution in [0.4, 0.5) is 0 Å². The van der Waals surface area contributed by atoms with E-state index in [1.54, 1.807) is 21.2 Å². The number of likely N-dealkylation sites (N-methyl/N-ethyl adjacent to an activating group) is 1. The molecule has 35 heavy (non-hydrogen) atoms. The Morgan fingerprint density at radius 3 is 1.91 bits per heavy atom. The van der Waals surface area contributed by atoms with E-state index in [2.05, 4.69) is 59.1 Å². The summed E-state index contributed by atoms with van der Waals surface area (Å²) in [7, 11) is 2.08. The topological polar surface area (TPSA) is 84.0 Å². The van der Waals surface area contributed by atoms with Crippen molar-refractivity contribution in [3.63, 3.8) is 0 Å². The van der Waals surface area contributed by atoms with Crippen LogP contribution in [-0.4, -0.2) is 56.9 Å². The van der Waals surface area contributed by atoms with Crippen molar-refractivity contribution in [2.75, 3.05) is 33.2 Å². The van der Waals surface area contributed by atoms with Crippen LogP contribution in [-0.2, 0) is 25.7 Å². The number of nitrogens with zero attached hydrogens (tertiary/aromatic N) is 5. The standard InChI is InChI=1S/C13H14BrN3O.C12H12BrN3O/c1-16-5-3-10-11(4-6-16)15-12-8-9(14)2-7-17(12)13(10)18;13-8-3-6-16-11(7-8)15-10-2-5-14-4-1-9(10)12(16)17/h2,7-8H,3-6H2,1H3;3,6-7,14H,1-2,4-5H2. The molecular weight excluding hydrogens is 576 g/mol. The predicted octanol–water partition coefficient (Wildman–Crippen LogP) is 2.63. The SMILES string of the molecule is CN1CCc2nc3cc(Br)ccn3c(=O)c2CC1.O=c1c2c(nc3cc(Br)ccn13)CCNCC2. The van der Waals surface area contributed by atoms with Crippen LogP contribution in [0.2, 0.25) is 0 Å². The van der Waals surface area contributed by atoms with Gasteiger partial charge in [0.15, 0.2) is 0 Å². The van der Waals surface area contributed by atoms with Crippen molar-refractivity contribution >= 4 is 43.2 Å². The zero-order valence-electron chi connectivity index (χ0n) is 19.4. The highest BCUT2D eigenvalue weighted by Gasteiger charge is 2.17. The molecule has 0 radical (unpaired) electrons. The summed E-state index contributed by atoms with van der Waals surface area (Å²) in [5.41, 5.74) is 5.22. The highest BCUT2D eigenvalue weighted by Crippen LogP contribution is 2.15. The van der Waals surface area contributed by atoms with Crippen LogP contribution in [0.3, 0.4) is 0 Å². The maximum Gasteiger partial charge on any atom is 0.261 e. The van der Waals surface area contributed by atoms with Crippen molar-refractivity contribution in [2.45, 2.75) is 25.7 Å². The van der Waals surface area contributed by atoms with Crippen LogP contribution in [0.25, 0.3) is 11.3 Å². The predicted molar refractivity (Wildman–Crippen MR) is 144 cm³/mol. The first-order valence-corrected chi connectivity index (χ1v) is 13.3. The Balaban J connectivity index is 0.000000145. The highest BCUT2D eigenvalue weighted by molar-refractivity contribution is 9.10. The summed E-state index contributed by atoms with van der Waals surface area (Å²) in [6.07, 6.45) is 6.78. The molecule has 0 saturated carbocycles. The second-order valence-corrected chi connectivity index (χ2v) is 10.7. The molecule has 0 spiro atoms. The third-order valence-electron chi connectivity index (χ3n) is 6.51. The lowest BCUT2D eigenvalue weighted by Crippen LogP contribution is -2.23. The first kappa shape index (κ1) is 24.3. The number of hydrogen-bond acceptors (Lipinski definition) is 6. The van der Waals surface area contributed by atoms with Gasteiger partial charge in [0.2, 0.25) is 0 Å². The van der Waals surface area contributed by atoms with Crippen molar-refractivity contribution < 1.29 is 0 Å². The lowest BCUT2D eigenvalue weighted by molar-refractivity contribution is 0.352. The number of hydrogen-bond donors (Lipinski definition) is 1. The van der Waals surface area contributed by atoms with Gasteiger partial charge in [-0.05, 0) is 50.7 Å². The molecule has 0 fully saturated rings. The van der Waals surface area contributed by atoms with E-state index in [1.807, 2.05) is 24.3 Å². The zero-order valence-corrected chi connectivity index (χ0v) is 22.6. The number of aromatic nitrogens is 4. The van der Waals surface area contributed by atoms with E-state index in [0.717, 1.165) is 89.0 Å². The van der Waals surface area contributed by atoms with E-state index in [9.17, 15) is 9.59 Å². The van der Waals surface area contributed by atoms with Gasteiger partial charge in [-0.2, -0.15) is 0 Å². The minimum absolute atomic E-state index is 0.0706. The molecule has 0 bridgehead atoms. The molecule has 2 aliphatic rings. The molecule has 1 N–H and O–H groups in total. The van der Waals surface area contributed by atoms with Crippen LogP contribution < -0.4 is 16.4 Å². The van der Waals surface area contributed by atoms with Crippen LogP contribution in [0.15, 0.2) is 55.2 Å². The monoisotopic (exact) mass is 600 g/mol. The molecule has 6 rings (SSSR count). The number of rotatable bonds is 0. The van der Waals surface area contributed by atoms with Crippen molar-refractivity contribution in [3.8, 4) is 0 Å². The molecular formula is C25H26Br2N6O2. The quantitative estimate of drug-likeness (QED) is 0.334. The molecule has 10 heteroatoms. The summed E-state index contributed by atoms with van der Waals surface area (Å²) in [5.74, 6) is 0. The van der Waals surface area contributed by atoms with Crippen molar-refractivity contribution in [1.82, 2.24) is 29.0 Å². The normalized spacial score (nSPS) is 16.1. The molecule has 2 aliphatic heterocycles. The molecule has 182 valence electrons. The minimum Gasteiger partial charge on any atom is -0.316 e. The van der Waals surface area contributed by atoms with E-state index in [4.69, 9.17) is 0 Å². The lowest BCUT2D eigenvalue weighted by atomic mass is 10.1. The lowest BCUT2D eigenvalue weighted by Gasteiger charge is -2.10. The van der Waals surface area contributed by atoms with Crippen LogP contribution in [0.5, 0.6) is 0 Å². The van der Waals surface area contributed by atoms with E-state index in [1.165, 1.54) is 0 Å². The van der Waals surface area contributed by atoms with Gasteiger partial charge in [-0.3, -0.25) is 18.4 Å². The third-order valence-corrected chi connectivity index (χ3v) is 7.49. The second kappa shape index (κ2) is 10.3. The fourth-order valence-corrected chi connectivity index (χ4v) is 5.21. The summed E-state index contributed by atoms with van der Waals surface area (Å²) in [4.78, 5) is 36.2. The van der Waals surface area contributed by atoms with Gasteiger partial charge < -0.3 is 10.2 Å². The van der Waals surface area contributed by atoms with Gasteiger partial charge in [0.05, 0.1) is 11.4 Å². The fraction of sp³-hybridized carbons (Fsp3) is 0.360. The van der Waals surface area contributed by atoms with Gasteiger partial charge in [0.25, 0.3) is 11.1 Å². The zero-order chi connectivity index (χ0) is 24.5. The average molecular weight is 602 g/mol. The minimum atomic E-state index is 0.0706. The summed E-state index contributed by atoms with van der Waals surface area (Å²) in [6, 6.07) is 7.49. The number of nitrogens with one attached hydrogen (secondary N) is 1. The Morgan fingerprint density at radius 2 is 1.29 bits per heavy atom. The van der Waals surface area contributed by atoms with Crippen molar-refractivity contribution in [2.24, 2.45) is 0 Å². The van der Waals surface area contributed by atoms with Gasteiger partial charge in [-0.1, -0.05) is 31.9 Å². The first-order valence-electron chi connectivity index (χ1n) is 11.7. The van der Waals surface area contributed by atoms with E-state index < -0.39 is 0 Å². The molecule has 0 atom stereocenters. The highest BCUT2D eigenvalue weighted by atomic mass is 79.9. The van der Waals surface area contributed by atoms with E-state index in [0.29, 0.717) is 5.65 Å². The largest absolute Gasteiger partial charge is 0.316 e. The first-order chi connectivity index (χ1) is 16.9. The van der Waals surface area contributed by atoms with Gasteiger partial charge in [0.1, 0.15) is 11.3 Å². The van der Waals surface area contributed by atoms with Gasteiger partial charge in [-0.15, -0.1) is 0 Å². The molecule has 0 saturated heterocycles. The van der Waals surface area contributed by atoms with E-state index in [-0.39, 0.29) is 11.1 Å². The third kappa shape index (κ3) is 5.11. The summed E-state index contributed by atoms with van der Waals surface area (Å²) in [5, 5.41) is 3.29. The molecule has 6 heterocycles. The molecule has 8 nitrogen and oxygen atoms in total. The average Bonchev–Trinajstić information content (AvgIpc) is 3.18. The molecule has 4 aromatic rings. The van der Waals surface area contributed by atoms with Gasteiger partial charge >= 0.3 is 0 Å². The summed E-state index contributed by atoms with van der Waals surface area (Å²) < 4.78 is 5.14. The van der Waals surface area contributed by atoms with Crippen molar-refractivity contribution in [1.29, 1.82) is 0 Å². The maximum absolute atomic E-state index is 12.4. The number of fused-ring (bicyclic) bond motifs is 4. The Bertz CT molecular complexity index is 1530. The van der Waals surface area contributed by atoms with Crippen LogP contribution >= 0.6 is 31.9 Å². The van der Waals surface area contributed by atoms with Gasteiger partial charge in [0, 0.05) is 64.9 Å². The number of halogens is 2. The Labute approximate surface area is 219 Å². The molecule has 0 aliphatic carbocycles. The van der Waals surface area contributed by atoms with Crippen molar-refractivity contribution in [3.05, 3.63) is 88.8 Å². The smallest absolute Gasteiger partial charge is 0.261 e. The van der Waals surface area contributed by atoms with E-state index >= 15 is 0 Å². The Hall–Kier alpha value is -2.40. The molecule has 0 aromatic carbocycles.